The molecule has 0 amide bonds. The van der Waals surface area contributed by atoms with E-state index in [1.165, 1.54) is 0 Å². The number of allylic oxidation sites excluding steroid dienone is 1. The van der Waals surface area contributed by atoms with Crippen LogP contribution >= 0.6 is 0 Å². The normalized spacial score (nSPS) is 11.5. The predicted molar refractivity (Wildman–Crippen MR) is 96.1 cm³/mol. The lowest BCUT2D eigenvalue weighted by Gasteiger charge is -2.16. The van der Waals surface area contributed by atoms with Gasteiger partial charge in [0.15, 0.2) is 5.78 Å². The summed E-state index contributed by atoms with van der Waals surface area (Å²) >= 11 is 0. The summed E-state index contributed by atoms with van der Waals surface area (Å²) in [7, 11) is 0. The number of hydrogen-bond acceptors (Lipinski definition) is 3. The average Bonchev–Trinajstić information content (AvgIpc) is 2.53. The summed E-state index contributed by atoms with van der Waals surface area (Å²) in [4.78, 5) is 23.9. The van der Waals surface area contributed by atoms with Crippen molar-refractivity contribution in [1.82, 2.24) is 0 Å². The smallest absolute Gasteiger partial charge is 0.316 e. The molecule has 0 aliphatic heterocycles. The molecule has 2 aromatic rings. The highest BCUT2D eigenvalue weighted by Gasteiger charge is 2.23. The van der Waals surface area contributed by atoms with E-state index < -0.39 is 5.41 Å². The third-order valence-corrected chi connectivity index (χ3v) is 3.47. The molecule has 0 aliphatic carbocycles. The molecule has 0 N–H and O–H groups in total. The van der Waals surface area contributed by atoms with Crippen molar-refractivity contribution in [2.45, 2.75) is 27.7 Å². The van der Waals surface area contributed by atoms with E-state index in [0.29, 0.717) is 11.3 Å². The van der Waals surface area contributed by atoms with E-state index in [-0.39, 0.29) is 11.8 Å². The largest absolute Gasteiger partial charge is 0.426 e. The van der Waals surface area contributed by atoms with Crippen LogP contribution in [0.4, 0.5) is 0 Å². The fourth-order valence-corrected chi connectivity index (χ4v) is 1.89. The number of carbonyl (C=O) groups is 2. The Labute approximate surface area is 143 Å². The van der Waals surface area contributed by atoms with Crippen LogP contribution < -0.4 is 4.74 Å². The molecule has 0 unspecified atom stereocenters. The van der Waals surface area contributed by atoms with Gasteiger partial charge in [-0.1, -0.05) is 48.0 Å². The summed E-state index contributed by atoms with van der Waals surface area (Å²) in [6.07, 6.45) is 3.29. The first-order valence-corrected chi connectivity index (χ1v) is 7.87. The zero-order valence-corrected chi connectivity index (χ0v) is 14.5. The fourth-order valence-electron chi connectivity index (χ4n) is 1.89. The number of hydrogen-bond donors (Lipinski definition) is 0. The first-order chi connectivity index (χ1) is 11.3. The maximum Gasteiger partial charge on any atom is 0.316 e. The van der Waals surface area contributed by atoms with Crippen molar-refractivity contribution in [3.8, 4) is 5.75 Å². The standard InChI is InChI=1S/C21H22O3/c1-15-5-10-17(11-6-15)19(22)14-9-16-7-12-18(13-8-16)24-20(23)21(2,3)4/h5-14H,1-4H3. The van der Waals surface area contributed by atoms with E-state index in [9.17, 15) is 9.59 Å². The highest BCUT2D eigenvalue weighted by Crippen LogP contribution is 2.20. The van der Waals surface area contributed by atoms with Crippen LogP contribution in [0.15, 0.2) is 54.6 Å². The minimum atomic E-state index is -0.543. The highest BCUT2D eigenvalue weighted by atomic mass is 16.5. The molecule has 3 heteroatoms. The van der Waals surface area contributed by atoms with Crippen LogP contribution in [0.1, 0.15) is 42.3 Å². The van der Waals surface area contributed by atoms with E-state index in [0.717, 1.165) is 11.1 Å². The quantitative estimate of drug-likeness (QED) is 0.350. The Kier molecular flexibility index (Phi) is 5.35. The lowest BCUT2D eigenvalue weighted by Crippen LogP contribution is -2.25. The number of rotatable bonds is 4. The van der Waals surface area contributed by atoms with Gasteiger partial charge >= 0.3 is 5.97 Å². The van der Waals surface area contributed by atoms with Gasteiger partial charge in [0, 0.05) is 5.56 Å². The van der Waals surface area contributed by atoms with Gasteiger partial charge in [-0.05, 0) is 51.5 Å². The van der Waals surface area contributed by atoms with Crippen molar-refractivity contribution in [2.75, 3.05) is 0 Å². The molecule has 24 heavy (non-hydrogen) atoms. The fraction of sp³-hybridized carbons (Fsp3) is 0.238. The lowest BCUT2D eigenvalue weighted by atomic mass is 9.97. The summed E-state index contributed by atoms with van der Waals surface area (Å²) in [6, 6.07) is 14.5. The van der Waals surface area contributed by atoms with Crippen LogP contribution in [0.5, 0.6) is 5.75 Å². The van der Waals surface area contributed by atoms with Crippen LogP contribution in [0.2, 0.25) is 0 Å². The van der Waals surface area contributed by atoms with Gasteiger partial charge in [-0.3, -0.25) is 9.59 Å². The van der Waals surface area contributed by atoms with Gasteiger partial charge in [0.1, 0.15) is 5.75 Å². The van der Waals surface area contributed by atoms with Crippen LogP contribution in [0.25, 0.3) is 6.08 Å². The minimum absolute atomic E-state index is 0.0433. The molecular formula is C21H22O3. The van der Waals surface area contributed by atoms with E-state index in [1.807, 2.05) is 64.1 Å². The van der Waals surface area contributed by atoms with Crippen molar-refractivity contribution in [2.24, 2.45) is 5.41 Å². The molecule has 3 nitrogen and oxygen atoms in total. The third-order valence-electron chi connectivity index (χ3n) is 3.47. The summed E-state index contributed by atoms with van der Waals surface area (Å²) in [5, 5.41) is 0. The Morgan fingerprint density at radius 1 is 0.917 bits per heavy atom. The van der Waals surface area contributed by atoms with Gasteiger partial charge in [-0.2, -0.15) is 0 Å². The molecule has 0 saturated heterocycles. The van der Waals surface area contributed by atoms with Crippen molar-refractivity contribution in [3.63, 3.8) is 0 Å². The van der Waals surface area contributed by atoms with Gasteiger partial charge in [-0.15, -0.1) is 0 Å². The van der Waals surface area contributed by atoms with Gasteiger partial charge in [0.25, 0.3) is 0 Å². The zero-order valence-electron chi connectivity index (χ0n) is 14.5. The van der Waals surface area contributed by atoms with Crippen molar-refractivity contribution < 1.29 is 14.3 Å². The maximum atomic E-state index is 12.1. The molecule has 0 aromatic heterocycles. The van der Waals surface area contributed by atoms with E-state index in [1.54, 1.807) is 24.3 Å². The van der Waals surface area contributed by atoms with Gasteiger partial charge in [-0.25, -0.2) is 0 Å². The van der Waals surface area contributed by atoms with Crippen LogP contribution in [0.3, 0.4) is 0 Å². The number of aryl methyl sites for hydroxylation is 1. The van der Waals surface area contributed by atoms with Gasteiger partial charge in [0.2, 0.25) is 0 Å². The molecular weight excluding hydrogens is 300 g/mol. The van der Waals surface area contributed by atoms with Crippen molar-refractivity contribution in [3.05, 3.63) is 71.3 Å². The third kappa shape index (κ3) is 4.92. The number of esters is 1. The zero-order chi connectivity index (χ0) is 17.7. The molecule has 0 aliphatic rings. The number of ketones is 1. The number of carbonyl (C=O) groups excluding carboxylic acids is 2. The van der Waals surface area contributed by atoms with Crippen LogP contribution in [0, 0.1) is 12.3 Å². The molecule has 0 radical (unpaired) electrons. The van der Waals surface area contributed by atoms with Gasteiger partial charge < -0.3 is 4.74 Å². The highest BCUT2D eigenvalue weighted by molar-refractivity contribution is 6.06. The van der Waals surface area contributed by atoms with E-state index >= 15 is 0 Å². The Morgan fingerprint density at radius 2 is 1.50 bits per heavy atom. The molecule has 2 rings (SSSR count). The topological polar surface area (TPSA) is 43.4 Å². The Balaban J connectivity index is 2.02. The molecule has 0 saturated carbocycles. The molecule has 124 valence electrons. The van der Waals surface area contributed by atoms with Crippen molar-refractivity contribution >= 4 is 17.8 Å². The van der Waals surface area contributed by atoms with Crippen molar-refractivity contribution in [1.29, 1.82) is 0 Å². The second-order valence-electron chi connectivity index (χ2n) is 6.77. The number of benzene rings is 2. The second kappa shape index (κ2) is 7.26. The molecule has 0 bridgehead atoms. The van der Waals surface area contributed by atoms with E-state index in [2.05, 4.69) is 0 Å². The van der Waals surface area contributed by atoms with Crippen LogP contribution in [-0.2, 0) is 4.79 Å². The summed E-state index contributed by atoms with van der Waals surface area (Å²) in [5.41, 5.74) is 2.11. The monoisotopic (exact) mass is 322 g/mol. The number of ether oxygens (including phenoxy) is 1. The Hall–Kier alpha value is -2.68. The molecule has 2 aromatic carbocycles. The maximum absolute atomic E-state index is 12.1. The second-order valence-corrected chi connectivity index (χ2v) is 6.77. The summed E-state index contributed by atoms with van der Waals surface area (Å²) < 4.78 is 5.31. The van der Waals surface area contributed by atoms with Gasteiger partial charge in [0.05, 0.1) is 5.41 Å². The van der Waals surface area contributed by atoms with E-state index in [4.69, 9.17) is 4.74 Å². The Bertz CT molecular complexity index is 745. The minimum Gasteiger partial charge on any atom is -0.426 e. The summed E-state index contributed by atoms with van der Waals surface area (Å²) in [6.45, 7) is 7.41. The molecule has 0 atom stereocenters. The van der Waals surface area contributed by atoms with Crippen LogP contribution in [-0.4, -0.2) is 11.8 Å². The average molecular weight is 322 g/mol. The summed E-state index contributed by atoms with van der Waals surface area (Å²) in [5.74, 6) is 0.176. The molecule has 0 spiro atoms. The SMILES string of the molecule is Cc1ccc(C(=O)C=Cc2ccc(OC(=O)C(C)(C)C)cc2)cc1. The molecule has 0 heterocycles. The lowest BCUT2D eigenvalue weighted by molar-refractivity contribution is -0.142. The molecule has 0 fully saturated rings. The first-order valence-electron chi connectivity index (χ1n) is 7.87. The predicted octanol–water partition coefficient (Wildman–Crippen LogP) is 4.84. The Morgan fingerprint density at radius 3 is 2.04 bits per heavy atom. The first kappa shape index (κ1) is 17.7.